The number of benzene rings is 1. The van der Waals surface area contributed by atoms with Gasteiger partial charge in [0.25, 0.3) is 6.43 Å². The third kappa shape index (κ3) is 2.44. The highest BCUT2D eigenvalue weighted by atomic mass is 35.5. The highest BCUT2D eigenvalue weighted by Gasteiger charge is 2.10. The lowest BCUT2D eigenvalue weighted by molar-refractivity contribution is 0.151. The largest absolute Gasteiger partial charge is 0.263 e. The molecule has 0 saturated heterocycles. The molecule has 0 N–H and O–H groups in total. The molecule has 0 atom stereocenters. The molecule has 1 heterocycles. The van der Waals surface area contributed by atoms with E-state index >= 15 is 0 Å². The highest BCUT2D eigenvalue weighted by Crippen LogP contribution is 2.24. The van der Waals surface area contributed by atoms with Crippen molar-refractivity contribution in [1.82, 2.24) is 9.97 Å². The molecule has 0 fully saturated rings. The molecular formula is C12H6ClF2N3. The van der Waals surface area contributed by atoms with E-state index in [4.69, 9.17) is 16.9 Å². The van der Waals surface area contributed by atoms with Crippen molar-refractivity contribution in [3.05, 3.63) is 46.7 Å². The fraction of sp³-hybridized carbons (Fsp3) is 0.0833. The van der Waals surface area contributed by atoms with Gasteiger partial charge >= 0.3 is 0 Å². The molecule has 0 amide bonds. The summed E-state index contributed by atoms with van der Waals surface area (Å²) in [6.07, 6.45) is -1.29. The zero-order chi connectivity index (χ0) is 13.1. The number of halogens is 3. The van der Waals surface area contributed by atoms with Crippen LogP contribution < -0.4 is 0 Å². The summed E-state index contributed by atoms with van der Waals surface area (Å²) in [5.41, 5.74) is 0.459. The Morgan fingerprint density at radius 2 is 2.11 bits per heavy atom. The van der Waals surface area contributed by atoms with Crippen molar-refractivity contribution in [1.29, 1.82) is 5.26 Å². The van der Waals surface area contributed by atoms with Crippen LogP contribution in [0, 0.1) is 11.3 Å². The Balaban J connectivity index is 2.46. The smallest absolute Gasteiger partial charge is 0.235 e. The van der Waals surface area contributed by atoms with Gasteiger partial charge in [0.15, 0.2) is 11.0 Å². The Kier molecular flexibility index (Phi) is 3.49. The van der Waals surface area contributed by atoms with Crippen LogP contribution in [0.4, 0.5) is 8.78 Å². The van der Waals surface area contributed by atoms with Crippen LogP contribution >= 0.6 is 11.6 Å². The zero-order valence-corrected chi connectivity index (χ0v) is 9.70. The minimum absolute atomic E-state index is 0.00458. The van der Waals surface area contributed by atoms with E-state index in [0.29, 0.717) is 5.56 Å². The summed E-state index contributed by atoms with van der Waals surface area (Å²) in [7, 11) is 0. The number of aromatic nitrogens is 2. The summed E-state index contributed by atoms with van der Waals surface area (Å²) >= 11 is 5.76. The Labute approximate surface area is 107 Å². The van der Waals surface area contributed by atoms with Gasteiger partial charge < -0.3 is 0 Å². The Hall–Kier alpha value is -2.06. The third-order valence-corrected chi connectivity index (χ3v) is 2.55. The molecule has 0 aliphatic carbocycles. The number of rotatable bonds is 2. The second-order valence-electron chi connectivity index (χ2n) is 3.44. The van der Waals surface area contributed by atoms with Gasteiger partial charge in [-0.25, -0.2) is 18.7 Å². The molecular weight excluding hydrogens is 260 g/mol. The molecule has 0 spiro atoms. The Morgan fingerprint density at radius 3 is 2.72 bits per heavy atom. The molecule has 2 rings (SSSR count). The summed E-state index contributed by atoms with van der Waals surface area (Å²) < 4.78 is 25.1. The first-order valence-corrected chi connectivity index (χ1v) is 5.30. The zero-order valence-electron chi connectivity index (χ0n) is 8.94. The van der Waals surface area contributed by atoms with Gasteiger partial charge in [-0.15, -0.1) is 0 Å². The quantitative estimate of drug-likeness (QED) is 0.780. The van der Waals surface area contributed by atoms with Crippen molar-refractivity contribution in [3.63, 3.8) is 0 Å². The van der Waals surface area contributed by atoms with Crippen LogP contribution in [-0.2, 0) is 0 Å². The second-order valence-corrected chi connectivity index (χ2v) is 3.79. The van der Waals surface area contributed by atoms with Crippen molar-refractivity contribution in [2.24, 2.45) is 0 Å². The normalized spacial score (nSPS) is 10.4. The van der Waals surface area contributed by atoms with Crippen LogP contribution in [0.3, 0.4) is 0 Å². The predicted molar refractivity (Wildman–Crippen MR) is 62.2 cm³/mol. The summed E-state index contributed by atoms with van der Waals surface area (Å²) in [4.78, 5) is 7.82. The summed E-state index contributed by atoms with van der Waals surface area (Å²) in [5.74, 6) is 0.210. The standard InChI is InChI=1S/C12H6ClF2N3/c13-10-9(5-16)6-17-12(18-10)8-3-1-2-7(4-8)11(14)15/h1-4,6,11H. The van der Waals surface area contributed by atoms with E-state index in [0.717, 1.165) is 0 Å². The number of nitrogens with zero attached hydrogens (tertiary/aromatic N) is 3. The van der Waals surface area contributed by atoms with Gasteiger partial charge in [-0.3, -0.25) is 0 Å². The lowest BCUT2D eigenvalue weighted by atomic mass is 10.1. The van der Waals surface area contributed by atoms with Gasteiger partial charge in [0.1, 0.15) is 11.6 Å². The molecule has 1 aromatic carbocycles. The maximum atomic E-state index is 12.6. The van der Waals surface area contributed by atoms with E-state index in [1.165, 1.54) is 24.4 Å². The van der Waals surface area contributed by atoms with Gasteiger partial charge in [0, 0.05) is 11.1 Å². The number of alkyl halides is 2. The molecule has 0 radical (unpaired) electrons. The third-order valence-electron chi connectivity index (χ3n) is 2.26. The van der Waals surface area contributed by atoms with Crippen LogP contribution in [0.2, 0.25) is 5.15 Å². The molecule has 0 saturated carbocycles. The SMILES string of the molecule is N#Cc1cnc(-c2cccc(C(F)F)c2)nc1Cl. The Bertz CT molecular complexity index is 623. The Morgan fingerprint density at radius 1 is 1.33 bits per heavy atom. The van der Waals surface area contributed by atoms with Crippen molar-refractivity contribution in [2.75, 3.05) is 0 Å². The van der Waals surface area contributed by atoms with Crippen LogP contribution in [0.15, 0.2) is 30.5 Å². The minimum Gasteiger partial charge on any atom is -0.235 e. The highest BCUT2D eigenvalue weighted by molar-refractivity contribution is 6.30. The number of hydrogen-bond donors (Lipinski definition) is 0. The van der Waals surface area contributed by atoms with Crippen LogP contribution in [0.25, 0.3) is 11.4 Å². The topological polar surface area (TPSA) is 49.6 Å². The molecule has 0 unspecified atom stereocenters. The molecule has 2 aromatic rings. The van der Waals surface area contributed by atoms with Crippen LogP contribution in [-0.4, -0.2) is 9.97 Å². The first-order chi connectivity index (χ1) is 8.61. The molecule has 6 heteroatoms. The van der Waals surface area contributed by atoms with E-state index < -0.39 is 6.43 Å². The number of hydrogen-bond acceptors (Lipinski definition) is 3. The van der Waals surface area contributed by atoms with E-state index in [9.17, 15) is 8.78 Å². The first-order valence-electron chi connectivity index (χ1n) is 4.93. The molecule has 18 heavy (non-hydrogen) atoms. The average molecular weight is 266 g/mol. The van der Waals surface area contributed by atoms with Gasteiger partial charge in [-0.1, -0.05) is 29.8 Å². The molecule has 0 aliphatic heterocycles. The molecule has 1 aromatic heterocycles. The lowest BCUT2D eigenvalue weighted by Crippen LogP contribution is -1.93. The minimum atomic E-state index is -2.56. The summed E-state index contributed by atoms with van der Waals surface area (Å²) in [5, 5.41) is 8.69. The first kappa shape index (κ1) is 12.4. The average Bonchev–Trinajstić information content (AvgIpc) is 2.38. The monoisotopic (exact) mass is 265 g/mol. The predicted octanol–water partition coefficient (Wildman–Crippen LogP) is 3.61. The van der Waals surface area contributed by atoms with Gasteiger partial charge in [0.05, 0.1) is 6.20 Å². The van der Waals surface area contributed by atoms with Crippen molar-refractivity contribution in [3.8, 4) is 17.5 Å². The van der Waals surface area contributed by atoms with Crippen molar-refractivity contribution >= 4 is 11.6 Å². The van der Waals surface area contributed by atoms with Gasteiger partial charge in [-0.2, -0.15) is 5.26 Å². The summed E-state index contributed by atoms with van der Waals surface area (Å²) in [6, 6.07) is 7.53. The van der Waals surface area contributed by atoms with Crippen LogP contribution in [0.5, 0.6) is 0 Å². The second kappa shape index (κ2) is 5.07. The summed E-state index contributed by atoms with van der Waals surface area (Å²) in [6.45, 7) is 0. The van der Waals surface area contributed by atoms with E-state index in [1.54, 1.807) is 6.07 Å². The van der Waals surface area contributed by atoms with E-state index in [2.05, 4.69) is 9.97 Å². The van der Waals surface area contributed by atoms with Crippen molar-refractivity contribution < 1.29 is 8.78 Å². The molecule has 0 bridgehead atoms. The maximum Gasteiger partial charge on any atom is 0.263 e. The van der Waals surface area contributed by atoms with Gasteiger partial charge in [0.2, 0.25) is 0 Å². The van der Waals surface area contributed by atoms with Crippen molar-refractivity contribution in [2.45, 2.75) is 6.43 Å². The van der Waals surface area contributed by atoms with Gasteiger partial charge in [-0.05, 0) is 6.07 Å². The molecule has 3 nitrogen and oxygen atoms in total. The fourth-order valence-corrected chi connectivity index (χ4v) is 1.56. The van der Waals surface area contributed by atoms with Crippen LogP contribution in [0.1, 0.15) is 17.6 Å². The van der Waals surface area contributed by atoms with E-state index in [-0.39, 0.29) is 22.1 Å². The van der Waals surface area contributed by atoms with E-state index in [1.807, 2.05) is 6.07 Å². The molecule has 90 valence electrons. The lowest BCUT2D eigenvalue weighted by Gasteiger charge is -2.04. The fourth-order valence-electron chi connectivity index (χ4n) is 1.39. The molecule has 0 aliphatic rings. The maximum absolute atomic E-state index is 12.6. The number of nitriles is 1.